The van der Waals surface area contributed by atoms with Gasteiger partial charge in [-0.05, 0) is 61.4 Å². The first kappa shape index (κ1) is 18.9. The number of nitrogens with one attached hydrogen (secondary N) is 2. The van der Waals surface area contributed by atoms with Crippen LogP contribution in [0.3, 0.4) is 0 Å². The first-order valence-corrected chi connectivity index (χ1v) is 9.88. The minimum atomic E-state index is 0.173. The molecule has 6 heteroatoms. The molecule has 0 aliphatic heterocycles. The molecule has 2 aromatic rings. The number of nitrogens with two attached hydrogens (primary N) is 1. The van der Waals surface area contributed by atoms with Crippen molar-refractivity contribution >= 4 is 23.8 Å². The van der Waals surface area contributed by atoms with E-state index in [-0.39, 0.29) is 5.92 Å². The predicted octanol–water partition coefficient (Wildman–Crippen LogP) is 4.30. The highest BCUT2D eigenvalue weighted by molar-refractivity contribution is 5.87. The lowest BCUT2D eigenvalue weighted by Crippen LogP contribution is -2.24. The Bertz CT molecular complexity index is 1060. The van der Waals surface area contributed by atoms with Crippen LogP contribution in [0.5, 0.6) is 0 Å². The Labute approximate surface area is 170 Å². The summed E-state index contributed by atoms with van der Waals surface area (Å²) >= 11 is 0. The maximum Gasteiger partial charge on any atom is 0.131 e. The number of aryl methyl sites for hydroxylation is 1. The Morgan fingerprint density at radius 3 is 3.10 bits per heavy atom. The molecule has 0 aromatic carbocycles. The summed E-state index contributed by atoms with van der Waals surface area (Å²) in [6.07, 6.45) is 12.9. The first-order valence-electron chi connectivity index (χ1n) is 9.88. The summed E-state index contributed by atoms with van der Waals surface area (Å²) in [7, 11) is 0. The van der Waals surface area contributed by atoms with Crippen LogP contribution in [0.15, 0.2) is 36.3 Å². The van der Waals surface area contributed by atoms with E-state index < -0.39 is 0 Å². The molecule has 0 amide bonds. The zero-order valence-corrected chi connectivity index (χ0v) is 16.4. The van der Waals surface area contributed by atoms with Crippen LogP contribution >= 0.6 is 0 Å². The topological polar surface area (TPSA) is 111 Å². The average Bonchev–Trinajstić information content (AvgIpc) is 3.44. The van der Waals surface area contributed by atoms with Crippen molar-refractivity contribution in [2.24, 2.45) is 11.8 Å². The first-order chi connectivity index (χ1) is 14.1. The monoisotopic (exact) mass is 384 g/mol. The van der Waals surface area contributed by atoms with Gasteiger partial charge >= 0.3 is 0 Å². The standard InChI is InChI=1S/C23H24N6/c1-14-7-9-27-13-20(14)21-12-16-10-17(4-2-3-5-18(16)22(25)29-21)28-23(26)19-11-15(19)6-8-24/h3,5,7,9-10,12-13,15,19H,2,4,6,11H2,1H3,(H2,25,29)(H2,26,28)/b5-3-,17-10+. The molecule has 146 valence electrons. The molecular weight excluding hydrogens is 360 g/mol. The van der Waals surface area contributed by atoms with Crippen LogP contribution in [0.2, 0.25) is 0 Å². The highest BCUT2D eigenvalue weighted by atomic mass is 15.0. The minimum absolute atomic E-state index is 0.173. The number of pyridine rings is 2. The fourth-order valence-electron chi connectivity index (χ4n) is 3.77. The summed E-state index contributed by atoms with van der Waals surface area (Å²) in [5, 5.41) is 20.5. The van der Waals surface area contributed by atoms with E-state index in [1.54, 1.807) is 6.20 Å². The number of anilines is 1. The predicted molar refractivity (Wildman–Crippen MR) is 116 cm³/mol. The summed E-state index contributed by atoms with van der Waals surface area (Å²) < 4.78 is 0. The Balaban J connectivity index is 1.66. The maximum absolute atomic E-state index is 8.86. The highest BCUT2D eigenvalue weighted by Crippen LogP contribution is 2.41. The van der Waals surface area contributed by atoms with E-state index >= 15 is 0 Å². The van der Waals surface area contributed by atoms with E-state index in [9.17, 15) is 0 Å². The number of fused-ring (bicyclic) bond motifs is 1. The molecule has 2 unspecified atom stereocenters. The minimum Gasteiger partial charge on any atom is -0.383 e. The van der Waals surface area contributed by atoms with Crippen molar-refractivity contribution in [3.05, 3.63) is 53.0 Å². The average molecular weight is 384 g/mol. The molecule has 4 N–H and O–H groups in total. The fraction of sp³-hybridized carbons (Fsp3) is 0.304. The van der Waals surface area contributed by atoms with Gasteiger partial charge in [0, 0.05) is 41.6 Å². The third-order valence-electron chi connectivity index (χ3n) is 5.57. The summed E-state index contributed by atoms with van der Waals surface area (Å²) in [6.45, 7) is 2.03. The molecule has 2 aromatic heterocycles. The van der Waals surface area contributed by atoms with Gasteiger partial charge in [-0.3, -0.25) is 10.4 Å². The van der Waals surface area contributed by atoms with E-state index in [1.165, 1.54) is 0 Å². The number of nitriles is 1. The normalized spacial score (nSPS) is 22.8. The zero-order chi connectivity index (χ0) is 20.4. The molecule has 29 heavy (non-hydrogen) atoms. The van der Waals surface area contributed by atoms with Gasteiger partial charge in [-0.25, -0.2) is 4.98 Å². The van der Waals surface area contributed by atoms with E-state index in [1.807, 2.05) is 31.3 Å². The number of hydrogen-bond acceptors (Lipinski definition) is 5. The van der Waals surface area contributed by atoms with E-state index in [2.05, 4.69) is 33.5 Å². The van der Waals surface area contributed by atoms with Crippen LogP contribution in [0.1, 0.15) is 42.4 Å². The van der Waals surface area contributed by atoms with Gasteiger partial charge < -0.3 is 11.1 Å². The Kier molecular flexibility index (Phi) is 5.13. The lowest BCUT2D eigenvalue weighted by atomic mass is 9.98. The van der Waals surface area contributed by atoms with Crippen LogP contribution in [0, 0.1) is 35.5 Å². The molecule has 6 nitrogen and oxygen atoms in total. The van der Waals surface area contributed by atoms with Crippen LogP contribution in [0.25, 0.3) is 23.4 Å². The van der Waals surface area contributed by atoms with Crippen molar-refractivity contribution in [2.75, 3.05) is 5.73 Å². The molecule has 2 heterocycles. The number of rotatable bonds is 4. The summed E-state index contributed by atoms with van der Waals surface area (Å²) in [6, 6.07) is 6.20. The quantitative estimate of drug-likeness (QED) is 0.537. The Morgan fingerprint density at radius 2 is 2.31 bits per heavy atom. The fourth-order valence-corrected chi connectivity index (χ4v) is 3.77. The van der Waals surface area contributed by atoms with Gasteiger partial charge in [0.25, 0.3) is 0 Å². The van der Waals surface area contributed by atoms with Crippen LogP contribution in [0.4, 0.5) is 5.82 Å². The molecule has 0 bridgehead atoms. The molecule has 0 spiro atoms. The van der Waals surface area contributed by atoms with Gasteiger partial charge in [0.05, 0.1) is 11.8 Å². The van der Waals surface area contributed by atoms with Crippen molar-refractivity contribution < 1.29 is 0 Å². The largest absolute Gasteiger partial charge is 0.383 e. The van der Waals surface area contributed by atoms with Crippen molar-refractivity contribution in [1.82, 2.24) is 15.3 Å². The highest BCUT2D eigenvalue weighted by Gasteiger charge is 2.40. The second-order valence-electron chi connectivity index (χ2n) is 7.70. The lowest BCUT2D eigenvalue weighted by molar-refractivity contribution is 0.806. The molecule has 1 fully saturated rings. The Hall–Kier alpha value is -3.46. The molecule has 2 atom stereocenters. The van der Waals surface area contributed by atoms with Crippen molar-refractivity contribution in [3.63, 3.8) is 0 Å². The summed E-state index contributed by atoms with van der Waals surface area (Å²) in [5.41, 5.74) is 12.0. The maximum atomic E-state index is 8.86. The smallest absolute Gasteiger partial charge is 0.131 e. The molecule has 2 aliphatic rings. The zero-order valence-electron chi connectivity index (χ0n) is 16.4. The van der Waals surface area contributed by atoms with Crippen molar-refractivity contribution in [2.45, 2.75) is 32.6 Å². The summed E-state index contributed by atoms with van der Waals surface area (Å²) in [4.78, 5) is 8.83. The number of nitrogen functional groups attached to an aromatic ring is 1. The second-order valence-corrected chi connectivity index (χ2v) is 7.70. The SMILES string of the molecule is Cc1ccncc1-c1cc2c(c(N)n1)/C=C\CC/C(NC(=N)C1CC1CC#N)=C\2. The van der Waals surface area contributed by atoms with Crippen LogP contribution in [-0.2, 0) is 0 Å². The molecule has 2 aliphatic carbocycles. The lowest BCUT2D eigenvalue weighted by Gasteiger charge is -2.16. The van der Waals surface area contributed by atoms with E-state index in [4.69, 9.17) is 16.4 Å². The van der Waals surface area contributed by atoms with Crippen LogP contribution < -0.4 is 11.1 Å². The van der Waals surface area contributed by atoms with Gasteiger partial charge in [0.1, 0.15) is 11.7 Å². The molecular formula is C23H24N6. The number of aromatic nitrogens is 2. The number of nitrogens with zero attached hydrogens (tertiary/aromatic N) is 3. The van der Waals surface area contributed by atoms with E-state index in [0.717, 1.165) is 52.9 Å². The van der Waals surface area contributed by atoms with Gasteiger partial charge in [0.15, 0.2) is 0 Å². The van der Waals surface area contributed by atoms with Gasteiger partial charge in [-0.1, -0.05) is 12.2 Å². The van der Waals surface area contributed by atoms with Crippen molar-refractivity contribution in [3.8, 4) is 17.3 Å². The van der Waals surface area contributed by atoms with E-state index in [0.29, 0.717) is 24.0 Å². The van der Waals surface area contributed by atoms with Gasteiger partial charge in [-0.2, -0.15) is 5.26 Å². The second kappa shape index (κ2) is 7.88. The van der Waals surface area contributed by atoms with Crippen molar-refractivity contribution in [1.29, 1.82) is 10.7 Å². The van der Waals surface area contributed by atoms with Gasteiger partial charge in [-0.15, -0.1) is 0 Å². The molecule has 1 saturated carbocycles. The molecule has 0 radical (unpaired) electrons. The third-order valence-corrected chi connectivity index (χ3v) is 5.57. The summed E-state index contributed by atoms with van der Waals surface area (Å²) in [5.74, 6) is 1.49. The number of amidine groups is 1. The Morgan fingerprint density at radius 1 is 1.45 bits per heavy atom. The number of allylic oxidation sites excluding steroid dienone is 2. The molecule has 4 rings (SSSR count). The molecule has 0 saturated heterocycles. The number of hydrogen-bond donors (Lipinski definition) is 3. The third kappa shape index (κ3) is 4.04. The van der Waals surface area contributed by atoms with Crippen LogP contribution in [-0.4, -0.2) is 15.8 Å². The van der Waals surface area contributed by atoms with Gasteiger partial charge in [0.2, 0.25) is 0 Å².